The summed E-state index contributed by atoms with van der Waals surface area (Å²) in [5, 5.41) is 18.1. The van der Waals surface area contributed by atoms with E-state index >= 15 is 0 Å². The highest BCUT2D eigenvalue weighted by Crippen LogP contribution is 2.26. The number of rotatable bonds is 4. The summed E-state index contributed by atoms with van der Waals surface area (Å²) >= 11 is 0. The lowest BCUT2D eigenvalue weighted by Crippen LogP contribution is -2.22. The molecule has 114 valence electrons. The lowest BCUT2D eigenvalue weighted by atomic mass is 9.86. The van der Waals surface area contributed by atoms with E-state index < -0.39 is 17.9 Å². The SMILES string of the molecule is NC1=C(C(=O)O)CC(C(=O)c2ccc(N)c(C(=O)O)c2)C=C1. The average molecular weight is 302 g/mol. The number of Topliss-reactive ketones (excluding diaryl/α,β-unsaturated/α-hetero) is 1. The number of allylic oxidation sites excluding steroid dienone is 2. The summed E-state index contributed by atoms with van der Waals surface area (Å²) < 4.78 is 0. The molecule has 0 bridgehead atoms. The quantitative estimate of drug-likeness (QED) is 0.480. The van der Waals surface area contributed by atoms with Gasteiger partial charge in [0.25, 0.3) is 0 Å². The maximum Gasteiger partial charge on any atom is 0.337 e. The van der Waals surface area contributed by atoms with Crippen LogP contribution in [0.25, 0.3) is 0 Å². The maximum atomic E-state index is 12.4. The number of aliphatic carboxylic acids is 1. The molecule has 7 heteroatoms. The second-order valence-corrected chi connectivity index (χ2v) is 4.88. The van der Waals surface area contributed by atoms with Crippen LogP contribution in [0.4, 0.5) is 5.69 Å². The van der Waals surface area contributed by atoms with Crippen molar-refractivity contribution in [2.45, 2.75) is 6.42 Å². The van der Waals surface area contributed by atoms with Crippen molar-refractivity contribution in [3.63, 3.8) is 0 Å². The van der Waals surface area contributed by atoms with Crippen molar-refractivity contribution in [1.82, 2.24) is 0 Å². The molecule has 1 aliphatic rings. The molecule has 0 spiro atoms. The van der Waals surface area contributed by atoms with Gasteiger partial charge in [0.05, 0.1) is 11.1 Å². The molecule has 7 nitrogen and oxygen atoms in total. The number of nitrogens with two attached hydrogens (primary N) is 2. The smallest absolute Gasteiger partial charge is 0.337 e. The molecule has 6 N–H and O–H groups in total. The molecule has 2 rings (SSSR count). The van der Waals surface area contributed by atoms with Crippen molar-refractivity contribution in [3.8, 4) is 0 Å². The topological polar surface area (TPSA) is 144 Å². The molecule has 0 radical (unpaired) electrons. The molecule has 1 atom stereocenters. The molecule has 1 aromatic carbocycles. The van der Waals surface area contributed by atoms with Gasteiger partial charge in [-0.25, -0.2) is 9.59 Å². The van der Waals surface area contributed by atoms with Gasteiger partial charge < -0.3 is 21.7 Å². The third-order valence-electron chi connectivity index (χ3n) is 3.44. The molecule has 0 aromatic heterocycles. The third kappa shape index (κ3) is 2.83. The number of carbonyl (C=O) groups is 3. The first kappa shape index (κ1) is 15.3. The first-order valence-electron chi connectivity index (χ1n) is 6.38. The van der Waals surface area contributed by atoms with E-state index in [0.717, 1.165) is 0 Å². The maximum absolute atomic E-state index is 12.4. The Kier molecular flexibility index (Phi) is 3.98. The van der Waals surface area contributed by atoms with Gasteiger partial charge in [0.2, 0.25) is 0 Å². The van der Waals surface area contributed by atoms with Crippen LogP contribution in [0.5, 0.6) is 0 Å². The zero-order chi connectivity index (χ0) is 16.4. The Balaban J connectivity index is 2.31. The van der Waals surface area contributed by atoms with Crippen molar-refractivity contribution in [1.29, 1.82) is 0 Å². The zero-order valence-corrected chi connectivity index (χ0v) is 11.4. The van der Waals surface area contributed by atoms with E-state index in [1.807, 2.05) is 0 Å². The molecule has 1 aromatic rings. The van der Waals surface area contributed by atoms with Crippen LogP contribution < -0.4 is 11.5 Å². The number of ketones is 1. The van der Waals surface area contributed by atoms with Crippen LogP contribution in [0, 0.1) is 5.92 Å². The van der Waals surface area contributed by atoms with E-state index in [4.69, 9.17) is 21.7 Å². The van der Waals surface area contributed by atoms with Gasteiger partial charge in [0.15, 0.2) is 5.78 Å². The molecule has 0 heterocycles. The fourth-order valence-electron chi connectivity index (χ4n) is 2.23. The van der Waals surface area contributed by atoms with Gasteiger partial charge in [-0.3, -0.25) is 4.79 Å². The molecule has 0 amide bonds. The summed E-state index contributed by atoms with van der Waals surface area (Å²) in [6.07, 6.45) is 2.86. The Labute approximate surface area is 125 Å². The molecule has 22 heavy (non-hydrogen) atoms. The molecule has 0 saturated carbocycles. The first-order chi connectivity index (χ1) is 10.3. The minimum Gasteiger partial charge on any atom is -0.478 e. The summed E-state index contributed by atoms with van der Waals surface area (Å²) in [7, 11) is 0. The Bertz CT molecular complexity index is 733. The lowest BCUT2D eigenvalue weighted by molar-refractivity contribution is -0.132. The predicted molar refractivity (Wildman–Crippen MR) is 78.2 cm³/mol. The number of hydrogen-bond donors (Lipinski definition) is 4. The Morgan fingerprint density at radius 2 is 1.77 bits per heavy atom. The fourth-order valence-corrected chi connectivity index (χ4v) is 2.23. The summed E-state index contributed by atoms with van der Waals surface area (Å²) in [6.45, 7) is 0. The second-order valence-electron chi connectivity index (χ2n) is 4.88. The van der Waals surface area contributed by atoms with Gasteiger partial charge in [0.1, 0.15) is 0 Å². The lowest BCUT2D eigenvalue weighted by Gasteiger charge is -2.18. The van der Waals surface area contributed by atoms with Gasteiger partial charge in [-0.2, -0.15) is 0 Å². The highest BCUT2D eigenvalue weighted by molar-refractivity contribution is 6.04. The van der Waals surface area contributed by atoms with Crippen molar-refractivity contribution in [2.24, 2.45) is 11.7 Å². The van der Waals surface area contributed by atoms with E-state index in [-0.39, 0.29) is 40.3 Å². The van der Waals surface area contributed by atoms with Gasteiger partial charge in [-0.05, 0) is 30.7 Å². The number of benzene rings is 1. The highest BCUT2D eigenvalue weighted by atomic mass is 16.4. The fraction of sp³-hybridized carbons (Fsp3) is 0.133. The van der Waals surface area contributed by atoms with Crippen LogP contribution in [-0.4, -0.2) is 27.9 Å². The number of hydrogen-bond acceptors (Lipinski definition) is 5. The van der Waals surface area contributed by atoms with E-state index in [1.54, 1.807) is 0 Å². The number of anilines is 1. The summed E-state index contributed by atoms with van der Waals surface area (Å²) in [4.78, 5) is 34.5. The Morgan fingerprint density at radius 3 is 2.36 bits per heavy atom. The van der Waals surface area contributed by atoms with Crippen LogP contribution >= 0.6 is 0 Å². The number of nitrogen functional groups attached to an aromatic ring is 1. The van der Waals surface area contributed by atoms with Crippen LogP contribution in [0.3, 0.4) is 0 Å². The van der Waals surface area contributed by atoms with E-state index in [0.29, 0.717) is 0 Å². The van der Waals surface area contributed by atoms with Crippen LogP contribution in [-0.2, 0) is 4.79 Å². The second kappa shape index (κ2) is 5.72. The van der Waals surface area contributed by atoms with Crippen LogP contribution in [0.2, 0.25) is 0 Å². The molecule has 0 fully saturated rings. The minimum atomic E-state index is -1.23. The largest absolute Gasteiger partial charge is 0.478 e. The third-order valence-corrected chi connectivity index (χ3v) is 3.44. The summed E-state index contributed by atoms with van der Waals surface area (Å²) in [5.74, 6) is -3.50. The molecule has 1 aliphatic carbocycles. The molecule has 1 unspecified atom stereocenters. The normalized spacial score (nSPS) is 17.4. The van der Waals surface area contributed by atoms with E-state index in [2.05, 4.69) is 0 Å². The van der Waals surface area contributed by atoms with Gasteiger partial charge in [-0.1, -0.05) is 6.08 Å². The molecule has 0 aliphatic heterocycles. The highest BCUT2D eigenvalue weighted by Gasteiger charge is 2.26. The zero-order valence-electron chi connectivity index (χ0n) is 11.4. The Hall–Kier alpha value is -3.09. The number of carbonyl (C=O) groups excluding carboxylic acids is 1. The number of carboxylic acids is 2. The monoisotopic (exact) mass is 302 g/mol. The van der Waals surface area contributed by atoms with Crippen molar-refractivity contribution in [2.75, 3.05) is 5.73 Å². The van der Waals surface area contributed by atoms with Crippen LogP contribution in [0.1, 0.15) is 27.1 Å². The van der Waals surface area contributed by atoms with Crippen LogP contribution in [0.15, 0.2) is 41.6 Å². The van der Waals surface area contributed by atoms with Gasteiger partial charge >= 0.3 is 11.9 Å². The van der Waals surface area contributed by atoms with Gasteiger partial charge in [-0.15, -0.1) is 0 Å². The van der Waals surface area contributed by atoms with E-state index in [9.17, 15) is 14.4 Å². The van der Waals surface area contributed by atoms with Crippen molar-refractivity contribution < 1.29 is 24.6 Å². The molecular formula is C15H14N2O5. The number of carboxylic acid groups (broad SMARTS) is 2. The number of aromatic carboxylic acids is 1. The molecule has 0 saturated heterocycles. The van der Waals surface area contributed by atoms with Crippen molar-refractivity contribution in [3.05, 3.63) is 52.7 Å². The standard InChI is InChI=1S/C15H14N2O5/c16-11-3-1-7(5-9(11)14(19)20)13(18)8-2-4-12(17)10(6-8)15(21)22/h1-5,8H,6,16-17H2,(H,19,20)(H,21,22). The average Bonchev–Trinajstić information content (AvgIpc) is 2.47. The molecular weight excluding hydrogens is 288 g/mol. The summed E-state index contributed by atoms with van der Waals surface area (Å²) in [5.41, 5.74) is 11.2. The summed E-state index contributed by atoms with van der Waals surface area (Å²) in [6, 6.07) is 3.95. The Morgan fingerprint density at radius 1 is 1.09 bits per heavy atom. The predicted octanol–water partition coefficient (Wildman–Crippen LogP) is 1.02. The van der Waals surface area contributed by atoms with E-state index in [1.165, 1.54) is 30.4 Å². The minimum absolute atomic E-state index is 0.0326. The first-order valence-corrected chi connectivity index (χ1v) is 6.38. The van der Waals surface area contributed by atoms with Gasteiger partial charge in [0, 0.05) is 22.9 Å². The van der Waals surface area contributed by atoms with Crippen molar-refractivity contribution >= 4 is 23.4 Å².